The number of carbonyl (C=O) groups is 2. The highest BCUT2D eigenvalue weighted by atomic mass is 19.1. The average Bonchev–Trinajstić information content (AvgIpc) is 3.11. The van der Waals surface area contributed by atoms with Gasteiger partial charge in [0, 0.05) is 31.1 Å². The number of rotatable bonds is 4. The van der Waals surface area contributed by atoms with E-state index in [9.17, 15) is 14.0 Å². The monoisotopic (exact) mass is 438 g/mol. The van der Waals surface area contributed by atoms with Crippen LogP contribution < -0.4 is 10.2 Å². The number of aromatic amines is 1. The van der Waals surface area contributed by atoms with Crippen LogP contribution in [0.1, 0.15) is 18.9 Å². The highest BCUT2D eigenvalue weighted by Gasteiger charge is 2.43. The number of anilines is 2. The van der Waals surface area contributed by atoms with Gasteiger partial charge in [0.25, 0.3) is 0 Å². The summed E-state index contributed by atoms with van der Waals surface area (Å²) in [4.78, 5) is 29.5. The number of nitrogens with zero attached hydrogens (tertiary/aromatic N) is 4. The van der Waals surface area contributed by atoms with E-state index in [2.05, 4.69) is 20.5 Å². The number of carbonyl (C=O) groups excluding carboxylic acids is 2. The molecule has 1 aliphatic carbocycles. The van der Waals surface area contributed by atoms with E-state index in [-0.39, 0.29) is 23.9 Å². The summed E-state index contributed by atoms with van der Waals surface area (Å²) in [6.07, 6.45) is 4.15. The van der Waals surface area contributed by atoms with Crippen molar-refractivity contribution in [2.75, 3.05) is 17.3 Å². The summed E-state index contributed by atoms with van der Waals surface area (Å²) < 4.78 is 30.2. The number of halogens is 2. The summed E-state index contributed by atoms with van der Waals surface area (Å²) >= 11 is 0. The smallest absolute Gasteiger partial charge is 0.231 e. The standard InChI is InChI=1S/C22H20F2N6O2/c1-10-18(14-7-25-28-20(14)21(19(10)24)29(3)11(2)31)12-4-5-17-26-16(9-30(17)8-12)27-22(32)13-6-15(13)23/h4-5,7-9,13,15H,6H2,1-3H3,(H,25,28)(H,27,32)/t13-,15+/m1/s1. The summed E-state index contributed by atoms with van der Waals surface area (Å²) in [5.74, 6) is -1.49. The van der Waals surface area contributed by atoms with Crippen molar-refractivity contribution in [2.24, 2.45) is 5.92 Å². The summed E-state index contributed by atoms with van der Waals surface area (Å²) in [5.41, 5.74) is 2.85. The summed E-state index contributed by atoms with van der Waals surface area (Å²) in [7, 11) is 1.51. The van der Waals surface area contributed by atoms with Gasteiger partial charge >= 0.3 is 0 Å². The fraction of sp³-hybridized carbons (Fsp3) is 0.273. The van der Waals surface area contributed by atoms with E-state index in [1.807, 2.05) is 0 Å². The van der Waals surface area contributed by atoms with Gasteiger partial charge in [-0.2, -0.15) is 5.10 Å². The van der Waals surface area contributed by atoms with Gasteiger partial charge in [-0.25, -0.2) is 13.8 Å². The predicted molar refractivity (Wildman–Crippen MR) is 116 cm³/mol. The highest BCUT2D eigenvalue weighted by molar-refractivity contribution is 6.07. The number of H-pyrrole nitrogens is 1. The molecule has 1 aromatic carbocycles. The van der Waals surface area contributed by atoms with Crippen LogP contribution in [-0.4, -0.2) is 44.6 Å². The molecule has 0 bridgehead atoms. The van der Waals surface area contributed by atoms with Crippen molar-refractivity contribution in [2.45, 2.75) is 26.4 Å². The van der Waals surface area contributed by atoms with Crippen LogP contribution in [0.4, 0.5) is 20.3 Å². The molecule has 1 saturated carbocycles. The molecular formula is C22H20F2N6O2. The Morgan fingerprint density at radius 3 is 2.75 bits per heavy atom. The quantitative estimate of drug-likeness (QED) is 0.509. The van der Waals surface area contributed by atoms with E-state index < -0.39 is 17.9 Å². The number of aromatic nitrogens is 4. The molecule has 0 spiro atoms. The number of amides is 2. The molecule has 3 heterocycles. The van der Waals surface area contributed by atoms with Crippen LogP contribution in [-0.2, 0) is 9.59 Å². The lowest BCUT2D eigenvalue weighted by Gasteiger charge is -2.20. The van der Waals surface area contributed by atoms with Gasteiger partial charge in [-0.05, 0) is 36.6 Å². The van der Waals surface area contributed by atoms with Gasteiger partial charge < -0.3 is 14.6 Å². The van der Waals surface area contributed by atoms with Crippen LogP contribution >= 0.6 is 0 Å². The summed E-state index contributed by atoms with van der Waals surface area (Å²) in [5, 5.41) is 10.2. The number of imidazole rings is 1. The number of hydrogen-bond acceptors (Lipinski definition) is 4. The molecule has 2 N–H and O–H groups in total. The first-order valence-electron chi connectivity index (χ1n) is 10.1. The van der Waals surface area contributed by atoms with E-state index in [1.165, 1.54) is 18.9 Å². The molecule has 164 valence electrons. The molecule has 4 aromatic rings. The van der Waals surface area contributed by atoms with Gasteiger partial charge in [0.1, 0.15) is 17.5 Å². The largest absolute Gasteiger partial charge is 0.311 e. The molecule has 10 heteroatoms. The molecule has 2 atom stereocenters. The van der Waals surface area contributed by atoms with Crippen LogP contribution in [0.2, 0.25) is 0 Å². The van der Waals surface area contributed by atoms with E-state index in [1.54, 1.807) is 42.0 Å². The first-order chi connectivity index (χ1) is 15.3. The van der Waals surface area contributed by atoms with Crippen LogP contribution in [0.5, 0.6) is 0 Å². The number of pyridine rings is 1. The minimum atomic E-state index is -1.08. The molecule has 32 heavy (non-hydrogen) atoms. The Kier molecular flexibility index (Phi) is 4.47. The van der Waals surface area contributed by atoms with Crippen LogP contribution in [0, 0.1) is 18.7 Å². The van der Waals surface area contributed by atoms with Gasteiger partial charge in [-0.1, -0.05) is 0 Å². The van der Waals surface area contributed by atoms with Gasteiger partial charge in [0.15, 0.2) is 11.6 Å². The Labute approximate surface area is 181 Å². The van der Waals surface area contributed by atoms with Crippen LogP contribution in [0.15, 0.2) is 30.7 Å². The molecule has 5 rings (SSSR count). The molecule has 0 saturated heterocycles. The van der Waals surface area contributed by atoms with Gasteiger partial charge in [-0.15, -0.1) is 0 Å². The number of fused-ring (bicyclic) bond motifs is 2. The van der Waals surface area contributed by atoms with Crippen molar-refractivity contribution < 1.29 is 18.4 Å². The minimum Gasteiger partial charge on any atom is -0.311 e. The number of alkyl halides is 1. The third-order valence-electron chi connectivity index (χ3n) is 5.91. The van der Waals surface area contributed by atoms with Crippen molar-refractivity contribution in [1.82, 2.24) is 19.6 Å². The maximum absolute atomic E-state index is 15.4. The molecule has 1 aliphatic rings. The second kappa shape index (κ2) is 7.11. The molecular weight excluding hydrogens is 418 g/mol. The molecule has 8 nitrogen and oxygen atoms in total. The third-order valence-corrected chi connectivity index (χ3v) is 5.91. The Morgan fingerprint density at radius 2 is 2.06 bits per heavy atom. The average molecular weight is 438 g/mol. The van der Waals surface area contributed by atoms with Crippen molar-refractivity contribution in [3.05, 3.63) is 42.1 Å². The predicted octanol–water partition coefficient (Wildman–Crippen LogP) is 3.60. The molecule has 2 amide bonds. The van der Waals surface area contributed by atoms with Crippen molar-refractivity contribution in [3.63, 3.8) is 0 Å². The van der Waals surface area contributed by atoms with Crippen molar-refractivity contribution in [1.29, 1.82) is 0 Å². The molecule has 0 radical (unpaired) electrons. The van der Waals surface area contributed by atoms with Gasteiger partial charge in [-0.3, -0.25) is 14.7 Å². The zero-order valence-electron chi connectivity index (χ0n) is 17.6. The third kappa shape index (κ3) is 3.10. The van der Waals surface area contributed by atoms with Crippen LogP contribution in [0.25, 0.3) is 27.7 Å². The molecule has 0 unspecified atom stereocenters. The zero-order chi connectivity index (χ0) is 22.7. The van der Waals surface area contributed by atoms with Crippen molar-refractivity contribution >= 4 is 39.9 Å². The lowest BCUT2D eigenvalue weighted by Crippen LogP contribution is -2.24. The van der Waals surface area contributed by atoms with Gasteiger partial charge in [0.05, 0.1) is 23.8 Å². The second-order valence-electron chi connectivity index (χ2n) is 8.06. The SMILES string of the molecule is CC(=O)N(C)c1c(F)c(C)c(-c2ccc3nc(NC(=O)[C@@H]4C[C@@H]4F)cn3c2)c2cn[nH]c12. The second-order valence-corrected chi connectivity index (χ2v) is 8.06. The first kappa shape index (κ1) is 20.1. The maximum atomic E-state index is 15.4. The van der Waals surface area contributed by atoms with Crippen LogP contribution in [0.3, 0.4) is 0 Å². The van der Waals surface area contributed by atoms with E-state index >= 15 is 4.39 Å². The molecule has 3 aromatic heterocycles. The van der Waals surface area contributed by atoms with E-state index in [4.69, 9.17) is 0 Å². The highest BCUT2D eigenvalue weighted by Crippen LogP contribution is 2.39. The minimum absolute atomic E-state index is 0.145. The molecule has 1 fully saturated rings. The normalized spacial score (nSPS) is 17.7. The lowest BCUT2D eigenvalue weighted by molar-refractivity contribution is -0.118. The molecule has 0 aliphatic heterocycles. The number of hydrogen-bond donors (Lipinski definition) is 2. The first-order valence-corrected chi connectivity index (χ1v) is 10.1. The Balaban J connectivity index is 1.59. The lowest BCUT2D eigenvalue weighted by atomic mass is 9.96. The van der Waals surface area contributed by atoms with Gasteiger partial charge in [0.2, 0.25) is 11.8 Å². The topological polar surface area (TPSA) is 95.4 Å². The van der Waals surface area contributed by atoms with Crippen molar-refractivity contribution in [3.8, 4) is 11.1 Å². The number of benzene rings is 1. The summed E-state index contributed by atoms with van der Waals surface area (Å²) in [6, 6.07) is 3.55. The fourth-order valence-electron chi connectivity index (χ4n) is 3.95. The Hall–Kier alpha value is -3.82. The summed E-state index contributed by atoms with van der Waals surface area (Å²) in [6.45, 7) is 3.02. The zero-order valence-corrected chi connectivity index (χ0v) is 17.6. The Bertz CT molecular complexity index is 1410. The number of nitrogens with one attached hydrogen (secondary N) is 2. The maximum Gasteiger partial charge on any atom is 0.231 e. The Morgan fingerprint density at radius 1 is 1.31 bits per heavy atom. The van der Waals surface area contributed by atoms with E-state index in [0.717, 1.165) is 0 Å². The van der Waals surface area contributed by atoms with E-state index in [0.29, 0.717) is 39.1 Å². The fourth-order valence-corrected chi connectivity index (χ4v) is 3.95.